The van der Waals surface area contributed by atoms with Crippen LogP contribution >= 0.6 is 0 Å². The third-order valence-corrected chi connectivity index (χ3v) is 3.57. The molecular weight excluding hydrogens is 188 g/mol. The first-order valence-corrected chi connectivity index (χ1v) is 6.25. The lowest BCUT2D eigenvalue weighted by Gasteiger charge is -2.33. The predicted molar refractivity (Wildman–Crippen MR) is 64.1 cm³/mol. The summed E-state index contributed by atoms with van der Waals surface area (Å²) >= 11 is 0. The van der Waals surface area contributed by atoms with Crippen LogP contribution in [0, 0.1) is 0 Å². The lowest BCUT2D eigenvalue weighted by molar-refractivity contribution is 0.0495. The van der Waals surface area contributed by atoms with E-state index in [2.05, 4.69) is 17.1 Å². The minimum atomic E-state index is -0.540. The maximum Gasteiger partial charge on any atom is 0.0741 e. The number of nitrogens with zero attached hydrogens (tertiary/aromatic N) is 1. The number of rotatable bonds is 5. The Morgan fingerprint density at radius 3 is 2.40 bits per heavy atom. The quantitative estimate of drug-likeness (QED) is 0.722. The number of nitrogens with one attached hydrogen (secondary N) is 1. The number of hydrogen-bond donors (Lipinski definition) is 2. The summed E-state index contributed by atoms with van der Waals surface area (Å²) in [6.07, 6.45) is 3.25. The molecule has 0 aromatic carbocycles. The fourth-order valence-electron chi connectivity index (χ4n) is 1.94. The van der Waals surface area contributed by atoms with Gasteiger partial charge in [-0.2, -0.15) is 0 Å². The van der Waals surface area contributed by atoms with Gasteiger partial charge in [-0.25, -0.2) is 0 Å². The van der Waals surface area contributed by atoms with Crippen molar-refractivity contribution in [3.8, 4) is 0 Å². The van der Waals surface area contributed by atoms with Crippen LogP contribution in [0.2, 0.25) is 0 Å². The summed E-state index contributed by atoms with van der Waals surface area (Å²) in [6, 6.07) is 0.603. The summed E-state index contributed by atoms with van der Waals surface area (Å²) in [5, 5.41) is 13.4. The zero-order valence-corrected chi connectivity index (χ0v) is 10.4. The van der Waals surface area contributed by atoms with Gasteiger partial charge in [0.25, 0.3) is 0 Å². The van der Waals surface area contributed by atoms with Gasteiger partial charge in [0.2, 0.25) is 0 Å². The van der Waals surface area contributed by atoms with E-state index < -0.39 is 5.60 Å². The molecule has 15 heavy (non-hydrogen) atoms. The van der Waals surface area contributed by atoms with E-state index in [0.29, 0.717) is 6.04 Å². The molecular formula is C12H26N2O. The highest BCUT2D eigenvalue weighted by Crippen LogP contribution is 2.12. The van der Waals surface area contributed by atoms with Crippen LogP contribution < -0.4 is 5.32 Å². The molecule has 3 nitrogen and oxygen atoms in total. The number of aliphatic hydroxyl groups is 1. The molecule has 0 spiro atoms. The van der Waals surface area contributed by atoms with Gasteiger partial charge in [-0.1, -0.05) is 13.8 Å². The SMILES string of the molecule is CCN1CCC(NCC(C)(O)CC)CC1. The van der Waals surface area contributed by atoms with Crippen LogP contribution in [-0.4, -0.2) is 47.8 Å². The molecule has 0 amide bonds. The summed E-state index contributed by atoms with van der Waals surface area (Å²) in [7, 11) is 0. The van der Waals surface area contributed by atoms with E-state index >= 15 is 0 Å². The maximum atomic E-state index is 9.88. The standard InChI is InChI=1S/C12H26N2O/c1-4-12(3,15)10-13-11-6-8-14(5-2)9-7-11/h11,13,15H,4-10H2,1-3H3. The molecule has 1 rings (SSSR count). The normalized spacial score (nSPS) is 24.0. The predicted octanol–water partition coefficient (Wildman–Crippen LogP) is 1.22. The molecule has 1 fully saturated rings. The van der Waals surface area contributed by atoms with Crippen molar-refractivity contribution in [2.24, 2.45) is 0 Å². The van der Waals surface area contributed by atoms with Gasteiger partial charge in [-0.3, -0.25) is 0 Å². The molecule has 0 aromatic rings. The molecule has 1 heterocycles. The molecule has 0 bridgehead atoms. The van der Waals surface area contributed by atoms with Gasteiger partial charge in [0.15, 0.2) is 0 Å². The summed E-state index contributed by atoms with van der Waals surface area (Å²) in [5.74, 6) is 0. The van der Waals surface area contributed by atoms with E-state index in [1.165, 1.54) is 32.5 Å². The van der Waals surface area contributed by atoms with E-state index in [1.807, 2.05) is 13.8 Å². The Kier molecular flexibility index (Phi) is 5.03. The van der Waals surface area contributed by atoms with Gasteiger partial charge in [0, 0.05) is 12.6 Å². The van der Waals surface area contributed by atoms with Gasteiger partial charge >= 0.3 is 0 Å². The molecule has 0 aliphatic carbocycles. The van der Waals surface area contributed by atoms with E-state index in [-0.39, 0.29) is 0 Å². The molecule has 0 aromatic heterocycles. The van der Waals surface area contributed by atoms with Crippen molar-refractivity contribution in [3.63, 3.8) is 0 Å². The van der Waals surface area contributed by atoms with Crippen LogP contribution in [0.4, 0.5) is 0 Å². The number of likely N-dealkylation sites (tertiary alicyclic amines) is 1. The Hall–Kier alpha value is -0.120. The topological polar surface area (TPSA) is 35.5 Å². The summed E-state index contributed by atoms with van der Waals surface area (Å²) in [4.78, 5) is 2.48. The Morgan fingerprint density at radius 2 is 1.93 bits per heavy atom. The van der Waals surface area contributed by atoms with Crippen molar-refractivity contribution in [2.45, 2.75) is 51.7 Å². The summed E-state index contributed by atoms with van der Waals surface area (Å²) < 4.78 is 0. The molecule has 1 aliphatic heterocycles. The van der Waals surface area contributed by atoms with E-state index in [1.54, 1.807) is 0 Å². The van der Waals surface area contributed by atoms with Crippen molar-refractivity contribution in [2.75, 3.05) is 26.2 Å². The van der Waals surface area contributed by atoms with Crippen LogP contribution in [0.1, 0.15) is 40.0 Å². The average Bonchev–Trinajstić information content (AvgIpc) is 2.27. The van der Waals surface area contributed by atoms with Gasteiger partial charge in [-0.15, -0.1) is 0 Å². The lowest BCUT2D eigenvalue weighted by atomic mass is 10.0. The first-order valence-electron chi connectivity index (χ1n) is 6.25. The second kappa shape index (κ2) is 5.83. The smallest absolute Gasteiger partial charge is 0.0741 e. The highest BCUT2D eigenvalue weighted by atomic mass is 16.3. The van der Waals surface area contributed by atoms with Crippen molar-refractivity contribution in [3.05, 3.63) is 0 Å². The first kappa shape index (κ1) is 12.9. The first-order chi connectivity index (χ1) is 7.07. The Bertz CT molecular complexity index is 174. The third-order valence-electron chi connectivity index (χ3n) is 3.57. The van der Waals surface area contributed by atoms with Crippen LogP contribution in [0.3, 0.4) is 0 Å². The van der Waals surface area contributed by atoms with Gasteiger partial charge in [0.1, 0.15) is 0 Å². The average molecular weight is 214 g/mol. The van der Waals surface area contributed by atoms with Crippen LogP contribution in [0.15, 0.2) is 0 Å². The zero-order chi connectivity index (χ0) is 11.3. The molecule has 2 N–H and O–H groups in total. The third kappa shape index (κ3) is 4.49. The van der Waals surface area contributed by atoms with Gasteiger partial charge in [-0.05, 0) is 45.8 Å². The van der Waals surface area contributed by atoms with Crippen molar-refractivity contribution < 1.29 is 5.11 Å². The molecule has 1 aliphatic rings. The summed E-state index contributed by atoms with van der Waals surface area (Å²) in [5.41, 5.74) is -0.540. The molecule has 1 atom stereocenters. The van der Waals surface area contributed by atoms with Crippen molar-refractivity contribution in [1.82, 2.24) is 10.2 Å². The van der Waals surface area contributed by atoms with E-state index in [0.717, 1.165) is 13.0 Å². The summed E-state index contributed by atoms with van der Waals surface area (Å²) in [6.45, 7) is 10.4. The molecule has 90 valence electrons. The molecule has 0 radical (unpaired) electrons. The number of piperidine rings is 1. The van der Waals surface area contributed by atoms with Crippen LogP contribution in [0.5, 0.6) is 0 Å². The van der Waals surface area contributed by atoms with E-state index in [4.69, 9.17) is 0 Å². The molecule has 0 saturated carbocycles. The lowest BCUT2D eigenvalue weighted by Crippen LogP contribution is -2.47. The Balaban J connectivity index is 2.19. The fraction of sp³-hybridized carbons (Fsp3) is 1.00. The Morgan fingerprint density at radius 1 is 1.33 bits per heavy atom. The van der Waals surface area contributed by atoms with Gasteiger partial charge in [0.05, 0.1) is 5.60 Å². The molecule has 3 heteroatoms. The highest BCUT2D eigenvalue weighted by Gasteiger charge is 2.22. The molecule has 1 unspecified atom stereocenters. The maximum absolute atomic E-state index is 9.88. The number of hydrogen-bond acceptors (Lipinski definition) is 3. The van der Waals surface area contributed by atoms with Crippen LogP contribution in [0.25, 0.3) is 0 Å². The minimum Gasteiger partial charge on any atom is -0.389 e. The fourth-order valence-corrected chi connectivity index (χ4v) is 1.94. The zero-order valence-electron chi connectivity index (χ0n) is 10.4. The van der Waals surface area contributed by atoms with Crippen molar-refractivity contribution >= 4 is 0 Å². The van der Waals surface area contributed by atoms with E-state index in [9.17, 15) is 5.11 Å². The minimum absolute atomic E-state index is 0.540. The van der Waals surface area contributed by atoms with Crippen LogP contribution in [-0.2, 0) is 0 Å². The highest BCUT2D eigenvalue weighted by molar-refractivity contribution is 4.81. The Labute approximate surface area is 93.9 Å². The van der Waals surface area contributed by atoms with Crippen molar-refractivity contribution in [1.29, 1.82) is 0 Å². The largest absolute Gasteiger partial charge is 0.389 e. The second-order valence-corrected chi connectivity index (χ2v) is 4.94. The second-order valence-electron chi connectivity index (χ2n) is 4.94. The molecule has 1 saturated heterocycles. The monoisotopic (exact) mass is 214 g/mol. The van der Waals surface area contributed by atoms with Gasteiger partial charge < -0.3 is 15.3 Å².